The van der Waals surface area contributed by atoms with E-state index in [-0.39, 0.29) is 0 Å². The molecule has 5 rings (SSSR count). The average molecular weight is 481 g/mol. The van der Waals surface area contributed by atoms with Crippen LogP contribution in [0.25, 0.3) is 0 Å². The Morgan fingerprint density at radius 1 is 0.829 bits per heavy atom. The van der Waals surface area contributed by atoms with Gasteiger partial charge in [-0.05, 0) is 84.0 Å². The second-order valence-corrected chi connectivity index (χ2v) is 10.3. The highest BCUT2D eigenvalue weighted by molar-refractivity contribution is 5.50. The molecule has 3 heterocycles. The summed E-state index contributed by atoms with van der Waals surface area (Å²) in [6.07, 6.45) is 5.77. The van der Waals surface area contributed by atoms with Crippen LogP contribution in [0, 0.1) is 11.8 Å². The number of hydrogen-bond acceptors (Lipinski definition) is 6. The average Bonchev–Trinajstić information content (AvgIpc) is 2.90. The van der Waals surface area contributed by atoms with Crippen LogP contribution in [-0.2, 0) is 19.4 Å². The summed E-state index contributed by atoms with van der Waals surface area (Å²) in [5, 5.41) is 3.83. The lowest BCUT2D eigenvalue weighted by Gasteiger charge is -2.48. The van der Waals surface area contributed by atoms with E-state index >= 15 is 0 Å². The summed E-state index contributed by atoms with van der Waals surface area (Å²) in [5.74, 6) is 4.76. The van der Waals surface area contributed by atoms with Gasteiger partial charge in [0.25, 0.3) is 0 Å². The Balaban J connectivity index is 1.35. The summed E-state index contributed by atoms with van der Waals surface area (Å²) in [6.45, 7) is 5.57. The van der Waals surface area contributed by atoms with Crippen LogP contribution in [-0.4, -0.2) is 52.5 Å². The van der Waals surface area contributed by atoms with Gasteiger partial charge in [0.2, 0.25) is 0 Å². The third kappa shape index (κ3) is 4.58. The summed E-state index contributed by atoms with van der Waals surface area (Å²) >= 11 is 0. The first-order valence-electron chi connectivity index (χ1n) is 13.0. The molecule has 35 heavy (non-hydrogen) atoms. The van der Waals surface area contributed by atoms with Crippen molar-refractivity contribution in [3.8, 4) is 23.0 Å². The van der Waals surface area contributed by atoms with Gasteiger partial charge in [-0.2, -0.15) is 0 Å². The second-order valence-electron chi connectivity index (χ2n) is 10.3. The maximum absolute atomic E-state index is 5.67. The van der Waals surface area contributed by atoms with Gasteiger partial charge in [0, 0.05) is 31.7 Å². The molecule has 2 aromatic rings. The van der Waals surface area contributed by atoms with Gasteiger partial charge in [0.1, 0.15) is 0 Å². The molecule has 1 N–H and O–H groups in total. The minimum absolute atomic E-state index is 0.464. The minimum atomic E-state index is 0.464. The highest BCUT2D eigenvalue weighted by Gasteiger charge is 2.39. The Hall–Kier alpha value is -2.44. The van der Waals surface area contributed by atoms with Gasteiger partial charge in [0.15, 0.2) is 23.0 Å². The predicted molar refractivity (Wildman–Crippen MR) is 138 cm³/mol. The van der Waals surface area contributed by atoms with Gasteiger partial charge in [-0.1, -0.05) is 13.3 Å². The molecular weight excluding hydrogens is 440 g/mol. The number of hydrogen-bond donors (Lipinski definition) is 1. The van der Waals surface area contributed by atoms with E-state index in [4.69, 9.17) is 18.9 Å². The maximum atomic E-state index is 5.67. The van der Waals surface area contributed by atoms with Crippen molar-refractivity contribution >= 4 is 0 Å². The summed E-state index contributed by atoms with van der Waals surface area (Å²) < 4.78 is 22.4. The first-order chi connectivity index (χ1) is 17.1. The summed E-state index contributed by atoms with van der Waals surface area (Å²) in [6, 6.07) is 9.70. The van der Waals surface area contributed by atoms with E-state index in [2.05, 4.69) is 41.4 Å². The highest BCUT2D eigenvalue weighted by Crippen LogP contribution is 2.46. The van der Waals surface area contributed by atoms with Crippen molar-refractivity contribution in [3.63, 3.8) is 0 Å². The Morgan fingerprint density at radius 2 is 1.46 bits per heavy atom. The molecule has 4 atom stereocenters. The number of benzene rings is 2. The molecule has 3 aliphatic rings. The molecule has 0 amide bonds. The lowest BCUT2D eigenvalue weighted by atomic mass is 9.72. The molecule has 1 saturated heterocycles. The molecule has 0 aromatic heterocycles. The van der Waals surface area contributed by atoms with Gasteiger partial charge in [0.05, 0.1) is 28.4 Å². The first kappa shape index (κ1) is 24.3. The summed E-state index contributed by atoms with van der Waals surface area (Å²) in [7, 11) is 6.88. The molecule has 6 nitrogen and oxygen atoms in total. The zero-order valence-electron chi connectivity index (χ0n) is 21.9. The zero-order valence-corrected chi connectivity index (χ0v) is 21.9. The van der Waals surface area contributed by atoms with Crippen LogP contribution in [0.1, 0.15) is 54.5 Å². The Labute approximate surface area is 209 Å². The van der Waals surface area contributed by atoms with Crippen LogP contribution < -0.4 is 24.3 Å². The molecule has 0 radical (unpaired) electrons. The smallest absolute Gasteiger partial charge is 0.161 e. The topological polar surface area (TPSA) is 52.2 Å². The monoisotopic (exact) mass is 480 g/mol. The molecule has 190 valence electrons. The van der Waals surface area contributed by atoms with Crippen molar-refractivity contribution in [2.45, 2.75) is 57.7 Å². The third-order valence-electron chi connectivity index (χ3n) is 8.64. The lowest BCUT2D eigenvalue weighted by Crippen LogP contribution is -2.48. The van der Waals surface area contributed by atoms with Crippen molar-refractivity contribution in [2.75, 3.05) is 41.5 Å². The van der Waals surface area contributed by atoms with Crippen LogP contribution in [0.2, 0.25) is 0 Å². The number of rotatable bonds is 7. The number of ether oxygens (including phenoxy) is 4. The highest BCUT2D eigenvalue weighted by atomic mass is 16.5. The fraction of sp³-hybridized carbons (Fsp3) is 0.586. The van der Waals surface area contributed by atoms with Crippen molar-refractivity contribution in [1.29, 1.82) is 0 Å². The van der Waals surface area contributed by atoms with E-state index in [0.717, 1.165) is 54.8 Å². The van der Waals surface area contributed by atoms with Crippen LogP contribution in [0.15, 0.2) is 24.3 Å². The van der Waals surface area contributed by atoms with Gasteiger partial charge in [-0.3, -0.25) is 4.90 Å². The molecule has 0 aliphatic carbocycles. The molecule has 0 bridgehead atoms. The first-order valence-corrected chi connectivity index (χ1v) is 13.0. The normalized spacial score (nSPS) is 25.7. The Bertz CT molecular complexity index is 1060. The fourth-order valence-corrected chi connectivity index (χ4v) is 6.70. The molecule has 6 heteroatoms. The van der Waals surface area contributed by atoms with E-state index in [9.17, 15) is 0 Å². The second kappa shape index (κ2) is 10.3. The van der Waals surface area contributed by atoms with E-state index in [1.165, 1.54) is 48.1 Å². The Morgan fingerprint density at radius 3 is 2.11 bits per heavy atom. The number of nitrogens with zero attached hydrogens (tertiary/aromatic N) is 1. The molecule has 2 unspecified atom stereocenters. The molecule has 3 aliphatic heterocycles. The fourth-order valence-electron chi connectivity index (χ4n) is 6.70. The van der Waals surface area contributed by atoms with Crippen LogP contribution in [0.5, 0.6) is 23.0 Å². The zero-order chi connectivity index (χ0) is 24.5. The van der Waals surface area contributed by atoms with Crippen molar-refractivity contribution in [2.24, 2.45) is 11.8 Å². The SMILES string of the molecule is CCC1CN2CCc3cc(OC)c(OC)cc3[C@@H]2C[C@@H]1CC1Cc2cc(OC)c(OC)cc2CN1. The Kier molecular flexibility index (Phi) is 7.12. The number of nitrogens with one attached hydrogen (secondary N) is 1. The van der Waals surface area contributed by atoms with E-state index < -0.39 is 0 Å². The third-order valence-corrected chi connectivity index (χ3v) is 8.64. The minimum Gasteiger partial charge on any atom is -0.493 e. The van der Waals surface area contributed by atoms with E-state index in [0.29, 0.717) is 18.0 Å². The molecule has 2 aromatic carbocycles. The van der Waals surface area contributed by atoms with Crippen molar-refractivity contribution in [3.05, 3.63) is 46.5 Å². The van der Waals surface area contributed by atoms with Crippen LogP contribution in [0.3, 0.4) is 0 Å². The van der Waals surface area contributed by atoms with Crippen LogP contribution in [0.4, 0.5) is 0 Å². The summed E-state index contributed by atoms with van der Waals surface area (Å²) in [4.78, 5) is 2.72. The molecule has 0 saturated carbocycles. The quantitative estimate of drug-likeness (QED) is 0.616. The predicted octanol–water partition coefficient (Wildman–Crippen LogP) is 4.77. The van der Waals surface area contributed by atoms with Gasteiger partial charge in [-0.25, -0.2) is 0 Å². The van der Waals surface area contributed by atoms with Gasteiger partial charge >= 0.3 is 0 Å². The van der Waals surface area contributed by atoms with Gasteiger partial charge < -0.3 is 24.3 Å². The molecule has 0 spiro atoms. The largest absolute Gasteiger partial charge is 0.493 e. The van der Waals surface area contributed by atoms with Crippen LogP contribution >= 0.6 is 0 Å². The van der Waals surface area contributed by atoms with Gasteiger partial charge in [-0.15, -0.1) is 0 Å². The van der Waals surface area contributed by atoms with E-state index in [1.807, 2.05) is 0 Å². The number of methoxy groups -OCH3 is 4. The standard InChI is InChI=1S/C29H40N2O4/c1-6-18-17-31-8-7-19-12-26(32-2)29(35-5)15-24(19)25(31)11-20(18)9-23-10-21-13-27(33-3)28(34-4)14-22(21)16-30-23/h12-15,18,20,23,25,30H,6-11,16-17H2,1-5H3/t18?,20-,23?,25-/m0/s1. The maximum Gasteiger partial charge on any atom is 0.161 e. The number of piperidine rings is 1. The van der Waals surface area contributed by atoms with Crippen molar-refractivity contribution in [1.82, 2.24) is 10.2 Å². The van der Waals surface area contributed by atoms with E-state index in [1.54, 1.807) is 28.4 Å². The molecular formula is C29H40N2O4. The summed E-state index contributed by atoms with van der Waals surface area (Å²) in [5.41, 5.74) is 5.57. The molecule has 1 fully saturated rings. The van der Waals surface area contributed by atoms with Crippen molar-refractivity contribution < 1.29 is 18.9 Å². The number of fused-ring (bicyclic) bond motifs is 4. The lowest BCUT2D eigenvalue weighted by molar-refractivity contribution is 0.0434.